The van der Waals surface area contributed by atoms with Crippen molar-refractivity contribution in [2.24, 2.45) is 17.3 Å². The summed E-state index contributed by atoms with van der Waals surface area (Å²) in [4.78, 5) is 13.8. The number of aliphatic hydroxyl groups excluding tert-OH is 1. The molecule has 0 aliphatic heterocycles. The van der Waals surface area contributed by atoms with Gasteiger partial charge in [0.1, 0.15) is 11.6 Å². The first-order valence-corrected chi connectivity index (χ1v) is 12.6. The molecule has 5 atom stereocenters. The lowest BCUT2D eigenvalue weighted by Crippen LogP contribution is -2.45. The van der Waals surface area contributed by atoms with Crippen molar-refractivity contribution in [2.75, 3.05) is 19.0 Å². The minimum atomic E-state index is -4.43. The molecule has 0 saturated heterocycles. The van der Waals surface area contributed by atoms with Crippen LogP contribution in [0.25, 0.3) is 0 Å². The number of ketones is 1. The molecule has 5 rings (SSSR count). The first kappa shape index (κ1) is 27.4. The molecule has 8 heteroatoms. The zero-order valence-electron chi connectivity index (χ0n) is 21.3. The van der Waals surface area contributed by atoms with Gasteiger partial charge in [0, 0.05) is 43.6 Å². The fraction of sp³-hybridized carbons (Fsp3) is 0.552. The summed E-state index contributed by atoms with van der Waals surface area (Å²) in [5, 5.41) is 10.9. The average molecular weight is 522 g/mol. The molecular weight excluding hydrogens is 489 g/mol. The number of terminal acetylenes is 1. The van der Waals surface area contributed by atoms with Gasteiger partial charge in [0.05, 0.1) is 6.10 Å². The number of anilines is 1. The normalized spacial score (nSPS) is 30.8. The third-order valence-corrected chi connectivity index (χ3v) is 8.77. The van der Waals surface area contributed by atoms with Gasteiger partial charge in [-0.1, -0.05) is 12.5 Å². The van der Waals surface area contributed by atoms with E-state index in [1.54, 1.807) is 25.1 Å². The first-order valence-electron chi connectivity index (χ1n) is 12.6. The highest BCUT2D eigenvalue weighted by Gasteiger charge is 2.57. The van der Waals surface area contributed by atoms with Crippen molar-refractivity contribution in [3.05, 3.63) is 52.1 Å². The van der Waals surface area contributed by atoms with Gasteiger partial charge in [0.25, 0.3) is 0 Å². The fourth-order valence-electron chi connectivity index (χ4n) is 7.05. The Hall–Kier alpha value is -2.66. The molecule has 200 valence electrons. The Labute approximate surface area is 214 Å². The summed E-state index contributed by atoms with van der Waals surface area (Å²) >= 11 is 0. The van der Waals surface area contributed by atoms with Crippen LogP contribution in [0.15, 0.2) is 34.9 Å². The third-order valence-electron chi connectivity index (χ3n) is 8.77. The minimum absolute atomic E-state index is 0.134. The van der Waals surface area contributed by atoms with Gasteiger partial charge in [-0.25, -0.2) is 8.78 Å². The Morgan fingerprint density at radius 2 is 1.70 bits per heavy atom. The standard InChI is InChI=1S/C26H31F2NO2.C3HF3/c1-26-13-19(25-21(27)11-15(29(2)3)12-22(25)28)24-17-7-5-16(30)10-14(17)4-6-18(24)20(26)8-9-23(26)31;1-2-3(4,5)6/h10-12,18-20,23,31H,4-9,13H2,1-3H3;1H. The van der Waals surface area contributed by atoms with Crippen LogP contribution in [0.3, 0.4) is 0 Å². The second-order valence-corrected chi connectivity index (χ2v) is 11.0. The lowest BCUT2D eigenvalue weighted by Gasteiger charge is -2.52. The van der Waals surface area contributed by atoms with Crippen LogP contribution >= 0.6 is 0 Å². The maximum atomic E-state index is 15.4. The van der Waals surface area contributed by atoms with Gasteiger partial charge < -0.3 is 10.0 Å². The Balaban J connectivity index is 0.000000480. The fourth-order valence-corrected chi connectivity index (χ4v) is 7.05. The quantitative estimate of drug-likeness (QED) is 0.358. The minimum Gasteiger partial charge on any atom is -0.393 e. The molecule has 1 aromatic rings. The Kier molecular flexibility index (Phi) is 7.33. The summed E-state index contributed by atoms with van der Waals surface area (Å²) in [7, 11) is 3.54. The number of hydrogen-bond donors (Lipinski definition) is 1. The molecule has 0 bridgehead atoms. The summed E-state index contributed by atoms with van der Waals surface area (Å²) in [6, 6.07) is 2.84. The summed E-state index contributed by atoms with van der Waals surface area (Å²) < 4.78 is 62.5. The van der Waals surface area contributed by atoms with Crippen molar-refractivity contribution in [2.45, 2.75) is 70.1 Å². The Bertz CT molecular complexity index is 1170. The number of benzene rings is 1. The van der Waals surface area contributed by atoms with Gasteiger partial charge in [0.15, 0.2) is 5.78 Å². The molecule has 0 radical (unpaired) electrons. The van der Waals surface area contributed by atoms with Gasteiger partial charge >= 0.3 is 6.18 Å². The molecule has 2 fully saturated rings. The van der Waals surface area contributed by atoms with Gasteiger partial charge in [-0.15, -0.1) is 6.42 Å². The van der Waals surface area contributed by atoms with Crippen LogP contribution in [0.4, 0.5) is 27.6 Å². The molecule has 4 aliphatic rings. The highest BCUT2D eigenvalue weighted by Crippen LogP contribution is 2.64. The third kappa shape index (κ3) is 5.07. The van der Waals surface area contributed by atoms with Crippen molar-refractivity contribution >= 4 is 11.5 Å². The van der Waals surface area contributed by atoms with Crippen molar-refractivity contribution in [3.63, 3.8) is 0 Å². The largest absolute Gasteiger partial charge is 0.457 e. The van der Waals surface area contributed by atoms with E-state index in [0.717, 1.165) is 36.8 Å². The molecule has 5 unspecified atom stereocenters. The number of carbonyl (C=O) groups is 1. The van der Waals surface area contributed by atoms with Crippen LogP contribution in [0, 0.1) is 41.2 Å². The molecule has 0 amide bonds. The van der Waals surface area contributed by atoms with Crippen LogP contribution in [0.5, 0.6) is 0 Å². The van der Waals surface area contributed by atoms with Crippen LogP contribution in [0.2, 0.25) is 0 Å². The molecule has 1 aromatic carbocycles. The van der Waals surface area contributed by atoms with Crippen LogP contribution in [0.1, 0.15) is 63.4 Å². The van der Waals surface area contributed by atoms with Crippen molar-refractivity contribution in [3.8, 4) is 12.3 Å². The molecule has 0 heterocycles. The van der Waals surface area contributed by atoms with E-state index in [0.29, 0.717) is 36.8 Å². The van der Waals surface area contributed by atoms with E-state index in [-0.39, 0.29) is 22.7 Å². The highest BCUT2D eigenvalue weighted by molar-refractivity contribution is 5.93. The number of rotatable bonds is 2. The number of nitrogens with zero attached hydrogens (tertiary/aromatic N) is 1. The molecular formula is C29H32F5NO2. The van der Waals surface area contributed by atoms with Crippen LogP contribution in [-0.4, -0.2) is 37.3 Å². The van der Waals surface area contributed by atoms with Gasteiger partial charge in [0.2, 0.25) is 0 Å². The van der Waals surface area contributed by atoms with E-state index in [1.807, 2.05) is 0 Å². The van der Waals surface area contributed by atoms with E-state index >= 15 is 8.78 Å². The maximum Gasteiger partial charge on any atom is 0.457 e. The number of carbonyl (C=O) groups excluding carboxylic acids is 1. The van der Waals surface area contributed by atoms with E-state index in [1.165, 1.54) is 17.7 Å². The molecule has 1 N–H and O–H groups in total. The van der Waals surface area contributed by atoms with Crippen LogP contribution < -0.4 is 4.90 Å². The monoisotopic (exact) mass is 521 g/mol. The summed E-state index contributed by atoms with van der Waals surface area (Å²) in [6.07, 6.45) is 5.93. The highest BCUT2D eigenvalue weighted by atomic mass is 19.4. The number of alkyl halides is 3. The number of hydrogen-bond acceptors (Lipinski definition) is 3. The number of fused-ring (bicyclic) bond motifs is 4. The summed E-state index contributed by atoms with van der Waals surface area (Å²) in [5.41, 5.74) is 3.68. The smallest absolute Gasteiger partial charge is 0.393 e. The van der Waals surface area contributed by atoms with E-state index in [2.05, 4.69) is 13.3 Å². The molecule has 0 aromatic heterocycles. The predicted molar refractivity (Wildman–Crippen MR) is 132 cm³/mol. The number of aliphatic hydroxyl groups is 1. The Morgan fingerprint density at radius 3 is 2.27 bits per heavy atom. The maximum absolute atomic E-state index is 15.4. The van der Waals surface area contributed by atoms with Gasteiger partial charge in [-0.3, -0.25) is 4.79 Å². The topological polar surface area (TPSA) is 40.5 Å². The zero-order chi connectivity index (χ0) is 27.3. The van der Waals surface area contributed by atoms with Gasteiger partial charge in [-0.05, 0) is 85.1 Å². The number of allylic oxidation sites excluding steroid dienone is 4. The van der Waals surface area contributed by atoms with E-state index in [4.69, 9.17) is 0 Å². The van der Waals surface area contributed by atoms with Crippen LogP contribution in [-0.2, 0) is 4.79 Å². The molecule has 37 heavy (non-hydrogen) atoms. The molecule has 2 saturated carbocycles. The zero-order valence-corrected chi connectivity index (χ0v) is 21.3. The number of halogens is 5. The van der Waals surface area contributed by atoms with E-state index < -0.39 is 29.8 Å². The van der Waals surface area contributed by atoms with Gasteiger partial charge in [-0.2, -0.15) is 13.2 Å². The lowest BCUT2D eigenvalue weighted by atomic mass is 9.53. The predicted octanol–water partition coefficient (Wildman–Crippen LogP) is 6.47. The summed E-state index contributed by atoms with van der Waals surface area (Å²) in [6.45, 7) is 2.11. The summed E-state index contributed by atoms with van der Waals surface area (Å²) in [5.74, 6) is -0.133. The second kappa shape index (κ2) is 9.90. The average Bonchev–Trinajstić information content (AvgIpc) is 3.12. The molecule has 0 spiro atoms. The molecule has 4 aliphatic carbocycles. The first-order chi connectivity index (χ1) is 17.3. The SMILES string of the molecule is C#CC(F)(F)F.CN(C)c1cc(F)c(C2CC3(C)C(O)CCC3C3CCC4=CC(=O)CCC4=C23)c(F)c1. The lowest BCUT2D eigenvalue weighted by molar-refractivity contribution is -0.114. The Morgan fingerprint density at radius 1 is 1.08 bits per heavy atom. The van der Waals surface area contributed by atoms with Crippen molar-refractivity contribution < 1.29 is 31.9 Å². The second-order valence-electron chi connectivity index (χ2n) is 11.0. The van der Waals surface area contributed by atoms with Crippen molar-refractivity contribution in [1.82, 2.24) is 0 Å². The molecule has 3 nitrogen and oxygen atoms in total. The van der Waals surface area contributed by atoms with Crippen molar-refractivity contribution in [1.29, 1.82) is 0 Å². The van der Waals surface area contributed by atoms with E-state index in [9.17, 15) is 23.1 Å².